The second-order valence-corrected chi connectivity index (χ2v) is 4.53. The van der Waals surface area contributed by atoms with E-state index in [9.17, 15) is 0 Å². The standard InChI is InChI=1S/C15H20N4/c1-13-15(18-11-10-16-13)17-9-6-12-19(2)14-7-4-3-5-8-14/h3-5,7-8,10-11H,6,9,12H2,1-2H3,(H,17,18). The molecule has 0 unspecified atom stereocenters. The average molecular weight is 256 g/mol. The molecule has 0 spiro atoms. The Kier molecular flexibility index (Phi) is 4.72. The number of nitrogens with zero attached hydrogens (tertiary/aromatic N) is 3. The third-order valence-corrected chi connectivity index (χ3v) is 3.04. The number of hydrogen-bond acceptors (Lipinski definition) is 4. The van der Waals surface area contributed by atoms with Gasteiger partial charge in [-0.15, -0.1) is 0 Å². The Morgan fingerprint density at radius 1 is 1.11 bits per heavy atom. The van der Waals surface area contributed by atoms with E-state index in [4.69, 9.17) is 0 Å². The van der Waals surface area contributed by atoms with Crippen LogP contribution in [0.25, 0.3) is 0 Å². The van der Waals surface area contributed by atoms with Gasteiger partial charge in [-0.1, -0.05) is 18.2 Å². The zero-order chi connectivity index (χ0) is 13.5. The number of aryl methyl sites for hydroxylation is 1. The summed E-state index contributed by atoms with van der Waals surface area (Å²) in [7, 11) is 2.11. The normalized spacial score (nSPS) is 10.2. The summed E-state index contributed by atoms with van der Waals surface area (Å²) in [5.74, 6) is 0.880. The molecule has 4 nitrogen and oxygen atoms in total. The van der Waals surface area contributed by atoms with Gasteiger partial charge in [0.1, 0.15) is 5.82 Å². The fourth-order valence-corrected chi connectivity index (χ4v) is 1.92. The maximum absolute atomic E-state index is 4.27. The van der Waals surface area contributed by atoms with E-state index in [2.05, 4.69) is 51.5 Å². The lowest BCUT2D eigenvalue weighted by molar-refractivity contribution is 0.812. The van der Waals surface area contributed by atoms with Gasteiger partial charge in [0.2, 0.25) is 0 Å². The van der Waals surface area contributed by atoms with Gasteiger partial charge in [-0.3, -0.25) is 4.98 Å². The minimum absolute atomic E-state index is 0.880. The molecule has 0 fully saturated rings. The highest BCUT2D eigenvalue weighted by Crippen LogP contribution is 2.11. The van der Waals surface area contributed by atoms with E-state index in [0.29, 0.717) is 0 Å². The molecule has 0 amide bonds. The van der Waals surface area contributed by atoms with Crippen molar-refractivity contribution in [1.29, 1.82) is 0 Å². The predicted octanol–water partition coefficient (Wildman–Crippen LogP) is 2.72. The molecule has 19 heavy (non-hydrogen) atoms. The van der Waals surface area contributed by atoms with E-state index in [1.165, 1.54) is 5.69 Å². The van der Waals surface area contributed by atoms with Crippen LogP contribution in [0.2, 0.25) is 0 Å². The third kappa shape index (κ3) is 3.95. The molecule has 0 bridgehead atoms. The fraction of sp³-hybridized carbons (Fsp3) is 0.333. The van der Waals surface area contributed by atoms with Crippen molar-refractivity contribution in [3.05, 3.63) is 48.4 Å². The number of rotatable bonds is 6. The SMILES string of the molecule is Cc1nccnc1NCCCN(C)c1ccccc1. The van der Waals surface area contributed by atoms with Crippen molar-refractivity contribution in [2.24, 2.45) is 0 Å². The summed E-state index contributed by atoms with van der Waals surface area (Å²) in [6.07, 6.45) is 4.48. The van der Waals surface area contributed by atoms with Gasteiger partial charge in [-0.05, 0) is 25.5 Å². The number of para-hydroxylation sites is 1. The van der Waals surface area contributed by atoms with Gasteiger partial charge in [-0.25, -0.2) is 4.98 Å². The van der Waals surface area contributed by atoms with Crippen LogP contribution in [0.1, 0.15) is 12.1 Å². The lowest BCUT2D eigenvalue weighted by atomic mass is 10.3. The van der Waals surface area contributed by atoms with Crippen molar-refractivity contribution in [2.45, 2.75) is 13.3 Å². The van der Waals surface area contributed by atoms with Crippen molar-refractivity contribution in [3.63, 3.8) is 0 Å². The molecule has 1 heterocycles. The molecule has 2 aromatic rings. The van der Waals surface area contributed by atoms with Crippen LogP contribution in [-0.2, 0) is 0 Å². The molecule has 1 aromatic heterocycles. The zero-order valence-corrected chi connectivity index (χ0v) is 11.5. The highest BCUT2D eigenvalue weighted by atomic mass is 15.1. The van der Waals surface area contributed by atoms with Crippen LogP contribution in [0.5, 0.6) is 0 Å². The molecule has 0 saturated carbocycles. The summed E-state index contributed by atoms with van der Waals surface area (Å²) in [5.41, 5.74) is 2.19. The molecule has 0 aliphatic heterocycles. The molecule has 0 radical (unpaired) electrons. The average Bonchev–Trinajstić information content (AvgIpc) is 2.46. The van der Waals surface area contributed by atoms with Gasteiger partial charge in [0.15, 0.2) is 0 Å². The lowest BCUT2D eigenvalue weighted by Crippen LogP contribution is -2.21. The van der Waals surface area contributed by atoms with Gasteiger partial charge < -0.3 is 10.2 Å². The van der Waals surface area contributed by atoms with Crippen LogP contribution in [-0.4, -0.2) is 30.1 Å². The third-order valence-electron chi connectivity index (χ3n) is 3.04. The molecule has 4 heteroatoms. The maximum Gasteiger partial charge on any atom is 0.147 e. The van der Waals surface area contributed by atoms with Crippen LogP contribution in [0.4, 0.5) is 11.5 Å². The highest BCUT2D eigenvalue weighted by Gasteiger charge is 2.01. The molecule has 1 aromatic carbocycles. The summed E-state index contributed by atoms with van der Waals surface area (Å²) in [4.78, 5) is 10.7. The van der Waals surface area contributed by atoms with Gasteiger partial charge in [0.25, 0.3) is 0 Å². The predicted molar refractivity (Wildman–Crippen MR) is 79.6 cm³/mol. The number of aromatic nitrogens is 2. The quantitative estimate of drug-likeness (QED) is 0.807. The Labute approximate surface area is 114 Å². The largest absolute Gasteiger partial charge is 0.375 e. The van der Waals surface area contributed by atoms with Crippen LogP contribution in [0.3, 0.4) is 0 Å². The van der Waals surface area contributed by atoms with Crippen LogP contribution in [0, 0.1) is 6.92 Å². The minimum Gasteiger partial charge on any atom is -0.375 e. The van der Waals surface area contributed by atoms with Crippen LogP contribution >= 0.6 is 0 Å². The molecule has 100 valence electrons. The molecule has 1 N–H and O–H groups in total. The summed E-state index contributed by atoms with van der Waals surface area (Å²) < 4.78 is 0. The first-order chi connectivity index (χ1) is 9.27. The smallest absolute Gasteiger partial charge is 0.147 e. The van der Waals surface area contributed by atoms with Crippen LogP contribution in [0.15, 0.2) is 42.7 Å². The summed E-state index contributed by atoms with van der Waals surface area (Å²) in [5, 5.41) is 3.32. The Morgan fingerprint density at radius 3 is 2.58 bits per heavy atom. The highest BCUT2D eigenvalue weighted by molar-refractivity contribution is 5.45. The zero-order valence-electron chi connectivity index (χ0n) is 11.5. The molecular formula is C15H20N4. The van der Waals surface area contributed by atoms with Crippen molar-refractivity contribution < 1.29 is 0 Å². The lowest BCUT2D eigenvalue weighted by Gasteiger charge is -2.19. The van der Waals surface area contributed by atoms with E-state index in [1.54, 1.807) is 12.4 Å². The molecule has 0 aliphatic rings. The van der Waals surface area contributed by atoms with E-state index >= 15 is 0 Å². The van der Waals surface area contributed by atoms with Gasteiger partial charge in [0.05, 0.1) is 5.69 Å². The maximum atomic E-state index is 4.27. The number of anilines is 2. The van der Waals surface area contributed by atoms with Crippen molar-refractivity contribution in [3.8, 4) is 0 Å². The van der Waals surface area contributed by atoms with Gasteiger partial charge in [0, 0.05) is 38.2 Å². The van der Waals surface area contributed by atoms with E-state index in [0.717, 1.165) is 31.0 Å². The van der Waals surface area contributed by atoms with E-state index < -0.39 is 0 Å². The first-order valence-electron chi connectivity index (χ1n) is 6.55. The van der Waals surface area contributed by atoms with Crippen molar-refractivity contribution >= 4 is 11.5 Å². The number of hydrogen-bond donors (Lipinski definition) is 1. The van der Waals surface area contributed by atoms with Gasteiger partial charge in [-0.2, -0.15) is 0 Å². The summed E-state index contributed by atoms with van der Waals surface area (Å²) in [6, 6.07) is 10.4. The van der Waals surface area contributed by atoms with Crippen LogP contribution < -0.4 is 10.2 Å². The van der Waals surface area contributed by atoms with Gasteiger partial charge >= 0.3 is 0 Å². The van der Waals surface area contributed by atoms with Crippen molar-refractivity contribution in [1.82, 2.24) is 9.97 Å². The topological polar surface area (TPSA) is 41.1 Å². The van der Waals surface area contributed by atoms with E-state index in [-0.39, 0.29) is 0 Å². The first kappa shape index (κ1) is 13.3. The minimum atomic E-state index is 0.880. The molecular weight excluding hydrogens is 236 g/mol. The van der Waals surface area contributed by atoms with E-state index in [1.807, 2.05) is 13.0 Å². The molecule has 0 atom stereocenters. The number of benzene rings is 1. The molecule has 0 aliphatic carbocycles. The van der Waals surface area contributed by atoms with Crippen molar-refractivity contribution in [2.75, 3.05) is 30.4 Å². The molecule has 0 saturated heterocycles. The first-order valence-corrected chi connectivity index (χ1v) is 6.55. The number of nitrogens with one attached hydrogen (secondary N) is 1. The Hall–Kier alpha value is -2.10. The second-order valence-electron chi connectivity index (χ2n) is 4.53. The fourth-order valence-electron chi connectivity index (χ4n) is 1.92. The monoisotopic (exact) mass is 256 g/mol. The Balaban J connectivity index is 1.74. The second kappa shape index (κ2) is 6.73. The Bertz CT molecular complexity index is 499. The summed E-state index contributed by atoms with van der Waals surface area (Å²) in [6.45, 7) is 3.87. The summed E-state index contributed by atoms with van der Waals surface area (Å²) >= 11 is 0. The Morgan fingerprint density at radius 2 is 1.84 bits per heavy atom. The molecule has 2 rings (SSSR count).